The molecule has 0 spiro atoms. The van der Waals surface area contributed by atoms with Crippen LogP contribution in [0.2, 0.25) is 0 Å². The van der Waals surface area contributed by atoms with Crippen LogP contribution in [0.15, 0.2) is 53.9 Å². The molecule has 1 atom stereocenters. The number of morpholine rings is 1. The average molecular weight is 440 g/mol. The minimum atomic E-state index is -0.263. The topological polar surface area (TPSA) is 54.5 Å². The van der Waals surface area contributed by atoms with Gasteiger partial charge in [-0.2, -0.15) is 0 Å². The number of amides is 1. The van der Waals surface area contributed by atoms with Crippen molar-refractivity contribution < 1.29 is 13.9 Å². The SMILES string of the molecule is Cc1ccc(-c2nc(CC(=O)NCC(c3ccc(F)cc3)N3CCOCC3)cs2)cc1. The molecule has 7 heteroatoms. The first-order chi connectivity index (χ1) is 15.1. The number of aryl methyl sites for hydroxylation is 1. The number of thiazole rings is 1. The number of aromatic nitrogens is 1. The molecule has 0 radical (unpaired) electrons. The van der Waals surface area contributed by atoms with Gasteiger partial charge in [-0.25, -0.2) is 9.37 Å². The van der Waals surface area contributed by atoms with Gasteiger partial charge in [0.2, 0.25) is 5.91 Å². The molecule has 0 aliphatic carbocycles. The number of nitrogens with one attached hydrogen (secondary N) is 1. The van der Waals surface area contributed by atoms with Gasteiger partial charge >= 0.3 is 0 Å². The summed E-state index contributed by atoms with van der Waals surface area (Å²) in [6.45, 7) is 5.39. The van der Waals surface area contributed by atoms with Crippen molar-refractivity contribution in [1.82, 2.24) is 15.2 Å². The summed E-state index contributed by atoms with van der Waals surface area (Å²) in [7, 11) is 0. The number of nitrogens with zero attached hydrogens (tertiary/aromatic N) is 2. The number of rotatable bonds is 7. The molecule has 1 N–H and O–H groups in total. The number of halogens is 1. The van der Waals surface area contributed by atoms with Crippen LogP contribution in [0, 0.1) is 12.7 Å². The van der Waals surface area contributed by atoms with Gasteiger partial charge in [0.25, 0.3) is 0 Å². The number of ether oxygens (including phenoxy) is 1. The largest absolute Gasteiger partial charge is 0.379 e. The van der Waals surface area contributed by atoms with E-state index in [2.05, 4.69) is 34.3 Å². The third-order valence-electron chi connectivity index (χ3n) is 5.43. The van der Waals surface area contributed by atoms with E-state index in [9.17, 15) is 9.18 Å². The molecule has 162 valence electrons. The number of hydrogen-bond donors (Lipinski definition) is 1. The number of hydrogen-bond acceptors (Lipinski definition) is 5. The van der Waals surface area contributed by atoms with E-state index < -0.39 is 0 Å². The van der Waals surface area contributed by atoms with Gasteiger partial charge in [-0.3, -0.25) is 9.69 Å². The molecule has 3 aromatic rings. The summed E-state index contributed by atoms with van der Waals surface area (Å²) in [5.74, 6) is -0.331. The van der Waals surface area contributed by atoms with Crippen molar-refractivity contribution >= 4 is 17.2 Å². The van der Waals surface area contributed by atoms with Crippen molar-refractivity contribution in [2.75, 3.05) is 32.8 Å². The molecular formula is C24H26FN3O2S. The van der Waals surface area contributed by atoms with Crippen molar-refractivity contribution in [1.29, 1.82) is 0 Å². The van der Waals surface area contributed by atoms with Gasteiger partial charge in [0.05, 0.1) is 31.4 Å². The fraction of sp³-hybridized carbons (Fsp3) is 0.333. The van der Waals surface area contributed by atoms with Crippen LogP contribution in [0.25, 0.3) is 10.6 Å². The first-order valence-electron chi connectivity index (χ1n) is 10.4. The molecule has 1 aliphatic heterocycles. The zero-order chi connectivity index (χ0) is 21.6. The number of benzene rings is 2. The molecule has 0 bridgehead atoms. The Morgan fingerprint density at radius 3 is 2.58 bits per heavy atom. The van der Waals surface area contributed by atoms with E-state index in [1.54, 1.807) is 23.5 Å². The third kappa shape index (κ3) is 5.76. The van der Waals surface area contributed by atoms with Gasteiger partial charge < -0.3 is 10.1 Å². The average Bonchev–Trinajstić information content (AvgIpc) is 3.24. The van der Waals surface area contributed by atoms with E-state index in [1.807, 2.05) is 17.5 Å². The second-order valence-electron chi connectivity index (χ2n) is 7.71. The maximum atomic E-state index is 13.4. The van der Waals surface area contributed by atoms with Gasteiger partial charge in [0.1, 0.15) is 10.8 Å². The molecule has 1 amide bonds. The van der Waals surface area contributed by atoms with Crippen molar-refractivity contribution in [2.24, 2.45) is 0 Å². The van der Waals surface area contributed by atoms with E-state index >= 15 is 0 Å². The van der Waals surface area contributed by atoms with E-state index in [0.29, 0.717) is 19.8 Å². The Balaban J connectivity index is 1.38. The normalized spacial score (nSPS) is 15.5. The predicted molar refractivity (Wildman–Crippen MR) is 121 cm³/mol. The van der Waals surface area contributed by atoms with Crippen LogP contribution in [0.5, 0.6) is 0 Å². The van der Waals surface area contributed by atoms with Gasteiger partial charge in [-0.15, -0.1) is 11.3 Å². The molecule has 1 saturated heterocycles. The van der Waals surface area contributed by atoms with Crippen LogP contribution in [-0.2, 0) is 16.0 Å². The second-order valence-corrected chi connectivity index (χ2v) is 8.56. The highest BCUT2D eigenvalue weighted by Gasteiger charge is 2.23. The molecule has 0 saturated carbocycles. The predicted octanol–water partition coefficient (Wildman–Crippen LogP) is 3.99. The van der Waals surface area contributed by atoms with Gasteiger partial charge in [0, 0.05) is 30.6 Å². The van der Waals surface area contributed by atoms with E-state index in [0.717, 1.165) is 34.9 Å². The van der Waals surface area contributed by atoms with Crippen LogP contribution in [0.4, 0.5) is 4.39 Å². The van der Waals surface area contributed by atoms with Crippen LogP contribution < -0.4 is 5.32 Å². The lowest BCUT2D eigenvalue weighted by Crippen LogP contribution is -2.44. The highest BCUT2D eigenvalue weighted by Crippen LogP contribution is 2.25. The minimum Gasteiger partial charge on any atom is -0.379 e. The van der Waals surface area contributed by atoms with Gasteiger partial charge in [-0.05, 0) is 24.6 Å². The summed E-state index contributed by atoms with van der Waals surface area (Å²) in [5, 5.41) is 5.90. The molecule has 5 nitrogen and oxygen atoms in total. The van der Waals surface area contributed by atoms with Crippen LogP contribution in [0.3, 0.4) is 0 Å². The fourth-order valence-electron chi connectivity index (χ4n) is 3.69. The van der Waals surface area contributed by atoms with Crippen molar-refractivity contribution in [3.05, 3.63) is 76.5 Å². The molecule has 1 aromatic heterocycles. The minimum absolute atomic E-state index is 0.0213. The van der Waals surface area contributed by atoms with Crippen molar-refractivity contribution in [3.63, 3.8) is 0 Å². The molecule has 4 rings (SSSR count). The quantitative estimate of drug-likeness (QED) is 0.605. The Bertz CT molecular complexity index is 998. The molecule has 1 fully saturated rings. The molecule has 31 heavy (non-hydrogen) atoms. The Labute approximate surface area is 185 Å². The van der Waals surface area contributed by atoms with Crippen molar-refractivity contribution in [3.8, 4) is 10.6 Å². The summed E-state index contributed by atoms with van der Waals surface area (Å²) in [6.07, 6.45) is 0.238. The van der Waals surface area contributed by atoms with Crippen LogP contribution in [0.1, 0.15) is 22.9 Å². The summed E-state index contributed by atoms with van der Waals surface area (Å²) in [5.41, 5.74) is 4.02. The van der Waals surface area contributed by atoms with E-state index in [4.69, 9.17) is 4.74 Å². The highest BCUT2D eigenvalue weighted by atomic mass is 32.1. The standard InChI is InChI=1S/C24H26FN3O2S/c1-17-2-4-19(5-3-17)24-27-21(16-31-24)14-23(29)26-15-22(28-10-12-30-13-11-28)18-6-8-20(25)9-7-18/h2-9,16,22H,10-15H2,1H3,(H,26,29). The smallest absolute Gasteiger partial charge is 0.226 e. The summed E-state index contributed by atoms with van der Waals surface area (Å²) >= 11 is 1.55. The lowest BCUT2D eigenvalue weighted by Gasteiger charge is -2.35. The first kappa shape index (κ1) is 21.6. The van der Waals surface area contributed by atoms with E-state index in [1.165, 1.54) is 17.7 Å². The first-order valence-corrected chi connectivity index (χ1v) is 11.3. The maximum Gasteiger partial charge on any atom is 0.226 e. The zero-order valence-electron chi connectivity index (χ0n) is 17.5. The lowest BCUT2D eigenvalue weighted by atomic mass is 10.0. The lowest BCUT2D eigenvalue weighted by molar-refractivity contribution is -0.120. The van der Waals surface area contributed by atoms with Gasteiger partial charge in [0.15, 0.2) is 0 Å². The molecular weight excluding hydrogens is 413 g/mol. The van der Waals surface area contributed by atoms with Crippen LogP contribution in [-0.4, -0.2) is 48.6 Å². The third-order valence-corrected chi connectivity index (χ3v) is 6.37. The van der Waals surface area contributed by atoms with Gasteiger partial charge in [-0.1, -0.05) is 42.0 Å². The maximum absolute atomic E-state index is 13.4. The Hall–Kier alpha value is -2.61. The molecule has 1 aliphatic rings. The van der Waals surface area contributed by atoms with Crippen LogP contribution >= 0.6 is 11.3 Å². The molecule has 1 unspecified atom stereocenters. The summed E-state index contributed by atoms with van der Waals surface area (Å²) in [4.78, 5) is 19.5. The Morgan fingerprint density at radius 2 is 1.87 bits per heavy atom. The Kier molecular flexibility index (Phi) is 7.06. The fourth-order valence-corrected chi connectivity index (χ4v) is 4.51. The zero-order valence-corrected chi connectivity index (χ0v) is 18.3. The number of carbonyl (C=O) groups is 1. The summed E-state index contributed by atoms with van der Waals surface area (Å²) in [6, 6.07) is 14.7. The summed E-state index contributed by atoms with van der Waals surface area (Å²) < 4.78 is 18.8. The monoisotopic (exact) mass is 439 g/mol. The number of carbonyl (C=O) groups excluding carboxylic acids is 1. The second kappa shape index (κ2) is 10.1. The van der Waals surface area contributed by atoms with E-state index in [-0.39, 0.29) is 24.2 Å². The Morgan fingerprint density at radius 1 is 1.16 bits per heavy atom. The highest BCUT2D eigenvalue weighted by molar-refractivity contribution is 7.13. The molecule has 2 aromatic carbocycles. The van der Waals surface area contributed by atoms with Crippen molar-refractivity contribution in [2.45, 2.75) is 19.4 Å². The molecule has 2 heterocycles.